The Morgan fingerprint density at radius 1 is 1.15 bits per heavy atom. The third-order valence-electron chi connectivity index (χ3n) is 7.76. The van der Waals surface area contributed by atoms with E-state index in [0.29, 0.717) is 13.0 Å². The Morgan fingerprint density at radius 2 is 1.90 bits per heavy atom. The number of aromatic nitrogens is 1. The first-order chi connectivity index (χ1) is 18.7. The third kappa shape index (κ3) is 4.87. The molecular weight excluding hydrogens is 506 g/mol. The molecule has 39 heavy (non-hydrogen) atoms. The van der Waals surface area contributed by atoms with Crippen molar-refractivity contribution in [2.24, 2.45) is 5.92 Å². The van der Waals surface area contributed by atoms with Crippen LogP contribution in [0.2, 0.25) is 0 Å². The third-order valence-corrected chi connectivity index (χ3v) is 7.76. The number of halogens is 2. The Morgan fingerprint density at radius 3 is 2.54 bits per heavy atom. The second-order valence-corrected chi connectivity index (χ2v) is 10.6. The number of carbonyl (C=O) groups is 2. The van der Waals surface area contributed by atoms with E-state index in [4.69, 9.17) is 4.74 Å². The number of fused-ring (bicyclic) bond motifs is 2. The van der Waals surface area contributed by atoms with Gasteiger partial charge in [-0.15, -0.1) is 0 Å². The first-order valence-corrected chi connectivity index (χ1v) is 13.0. The number of amides is 1. The average Bonchev–Trinajstić information content (AvgIpc) is 3.63. The van der Waals surface area contributed by atoms with Crippen LogP contribution >= 0.6 is 0 Å². The van der Waals surface area contributed by atoms with Gasteiger partial charge in [-0.1, -0.05) is 36.4 Å². The van der Waals surface area contributed by atoms with Crippen molar-refractivity contribution >= 4 is 11.7 Å². The lowest BCUT2D eigenvalue weighted by Crippen LogP contribution is -2.52. The number of rotatable bonds is 9. The Balaban J connectivity index is 1.58. The van der Waals surface area contributed by atoms with Crippen LogP contribution in [0.1, 0.15) is 58.7 Å². The number of ketones is 1. The standard InChI is InChI=1S/C30H30F2N2O5/c1-18(2)33-17-30(13-21(30)15-35)34-14-23(25(36)11-9-20-8-10-22(31)12-24(20)32)27(37)28(26(34)29(33)38)39-16-19-6-4-3-5-7-19/h3-8,10,12,14,18,21,35H,9,11,13,15-17H2,1-2H3/t21-,30+/m0/s1. The first-order valence-electron chi connectivity index (χ1n) is 13.0. The van der Waals surface area contributed by atoms with E-state index in [-0.39, 0.29) is 66.5 Å². The summed E-state index contributed by atoms with van der Waals surface area (Å²) in [5, 5.41) is 10.0. The van der Waals surface area contributed by atoms with E-state index in [1.165, 1.54) is 12.3 Å². The monoisotopic (exact) mass is 536 g/mol. The van der Waals surface area contributed by atoms with Gasteiger partial charge in [0.2, 0.25) is 5.43 Å². The Hall–Kier alpha value is -3.85. The van der Waals surface area contributed by atoms with Gasteiger partial charge < -0.3 is 19.3 Å². The van der Waals surface area contributed by atoms with Crippen molar-refractivity contribution < 1.29 is 28.2 Å². The van der Waals surface area contributed by atoms with Gasteiger partial charge >= 0.3 is 0 Å². The molecule has 0 radical (unpaired) electrons. The lowest BCUT2D eigenvalue weighted by molar-refractivity contribution is 0.0548. The number of hydrogen-bond donors (Lipinski definition) is 1. The predicted molar refractivity (Wildman–Crippen MR) is 140 cm³/mol. The molecule has 3 aromatic rings. The topological polar surface area (TPSA) is 88.8 Å². The van der Waals surface area contributed by atoms with Crippen molar-refractivity contribution in [3.05, 3.63) is 99.0 Å². The van der Waals surface area contributed by atoms with Gasteiger partial charge in [-0.3, -0.25) is 14.4 Å². The molecule has 1 aromatic heterocycles. The lowest BCUT2D eigenvalue weighted by Gasteiger charge is -2.40. The van der Waals surface area contributed by atoms with Crippen LogP contribution in [-0.4, -0.2) is 45.5 Å². The summed E-state index contributed by atoms with van der Waals surface area (Å²) in [6, 6.07) is 12.1. The second kappa shape index (κ2) is 10.4. The van der Waals surface area contributed by atoms with Crippen molar-refractivity contribution in [1.29, 1.82) is 0 Å². The van der Waals surface area contributed by atoms with Crippen LogP contribution in [0, 0.1) is 17.6 Å². The zero-order valence-corrected chi connectivity index (χ0v) is 21.8. The minimum Gasteiger partial charge on any atom is -0.483 e. The number of aliphatic hydroxyl groups excluding tert-OH is 1. The highest BCUT2D eigenvalue weighted by Gasteiger charge is 2.60. The van der Waals surface area contributed by atoms with Gasteiger partial charge in [0.15, 0.2) is 17.2 Å². The number of hydrogen-bond acceptors (Lipinski definition) is 5. The number of Topliss-reactive ketones (excluding diaryl/α,β-unsaturated/α-hetero) is 1. The summed E-state index contributed by atoms with van der Waals surface area (Å²) in [6.07, 6.45) is 1.75. The van der Waals surface area contributed by atoms with Gasteiger partial charge in [0, 0.05) is 43.8 Å². The van der Waals surface area contributed by atoms with E-state index in [1.807, 2.05) is 44.2 Å². The SMILES string of the molecule is CC(C)N1C[C@@]2(C[C@H]2CO)n2cc(C(=O)CCc3ccc(F)cc3F)c(=O)c(OCc3ccccc3)c2C1=O. The van der Waals surface area contributed by atoms with E-state index in [1.54, 1.807) is 9.47 Å². The van der Waals surface area contributed by atoms with Crippen LogP contribution in [0.25, 0.3) is 0 Å². The van der Waals surface area contributed by atoms with Crippen molar-refractivity contribution in [2.45, 2.75) is 51.3 Å². The van der Waals surface area contributed by atoms with Crippen molar-refractivity contribution in [3.63, 3.8) is 0 Å². The Bertz CT molecular complexity index is 1490. The predicted octanol–water partition coefficient (Wildman–Crippen LogP) is 4.09. The van der Waals surface area contributed by atoms with Crippen LogP contribution in [0.3, 0.4) is 0 Å². The van der Waals surface area contributed by atoms with Gasteiger partial charge in [0.25, 0.3) is 5.91 Å². The molecule has 1 N–H and O–H groups in total. The molecule has 204 valence electrons. The molecule has 2 heterocycles. The summed E-state index contributed by atoms with van der Waals surface area (Å²) >= 11 is 0. The Labute approximate surface area is 224 Å². The number of benzene rings is 2. The molecule has 0 unspecified atom stereocenters. The van der Waals surface area contributed by atoms with Crippen LogP contribution in [0.5, 0.6) is 5.75 Å². The summed E-state index contributed by atoms with van der Waals surface area (Å²) in [5.74, 6) is -2.78. The minimum absolute atomic E-state index is 0.00685. The van der Waals surface area contributed by atoms with Crippen molar-refractivity contribution in [2.75, 3.05) is 13.2 Å². The van der Waals surface area contributed by atoms with Crippen LogP contribution in [0.4, 0.5) is 8.78 Å². The normalized spacial score (nSPS) is 19.9. The highest BCUT2D eigenvalue weighted by Crippen LogP contribution is 2.54. The zero-order valence-electron chi connectivity index (χ0n) is 21.8. The maximum atomic E-state index is 14.2. The summed E-state index contributed by atoms with van der Waals surface area (Å²) in [5.41, 5.74) is -0.551. The highest BCUT2D eigenvalue weighted by molar-refractivity contribution is 6.00. The summed E-state index contributed by atoms with van der Waals surface area (Å²) in [4.78, 5) is 42.4. The van der Waals surface area contributed by atoms with Crippen LogP contribution in [-0.2, 0) is 18.6 Å². The molecule has 9 heteroatoms. The van der Waals surface area contributed by atoms with E-state index < -0.39 is 28.4 Å². The van der Waals surface area contributed by atoms with E-state index >= 15 is 0 Å². The summed E-state index contributed by atoms with van der Waals surface area (Å²) < 4.78 is 35.1. The van der Waals surface area contributed by atoms with Crippen LogP contribution < -0.4 is 10.2 Å². The number of nitrogens with zero attached hydrogens (tertiary/aromatic N) is 2. The molecule has 0 saturated heterocycles. The minimum atomic E-state index is -0.765. The van der Waals surface area contributed by atoms with E-state index in [0.717, 1.165) is 17.7 Å². The molecule has 1 saturated carbocycles. The summed E-state index contributed by atoms with van der Waals surface area (Å²) in [7, 11) is 0. The van der Waals surface area contributed by atoms with Crippen molar-refractivity contribution in [3.8, 4) is 5.75 Å². The molecule has 2 aromatic carbocycles. The number of aliphatic hydroxyl groups is 1. The maximum absolute atomic E-state index is 14.2. The number of carbonyl (C=O) groups excluding carboxylic acids is 2. The molecule has 1 aliphatic heterocycles. The molecule has 0 bridgehead atoms. The second-order valence-electron chi connectivity index (χ2n) is 10.6. The van der Waals surface area contributed by atoms with E-state index in [2.05, 4.69) is 0 Å². The average molecular weight is 537 g/mol. The van der Waals surface area contributed by atoms with Gasteiger partial charge in [-0.05, 0) is 43.9 Å². The molecule has 2 aliphatic rings. The fraction of sp³-hybridized carbons (Fsp3) is 0.367. The number of ether oxygens (including phenoxy) is 1. The van der Waals surface area contributed by atoms with Gasteiger partial charge in [-0.2, -0.15) is 0 Å². The smallest absolute Gasteiger partial charge is 0.274 e. The number of aryl methyl sites for hydroxylation is 1. The van der Waals surface area contributed by atoms with Crippen LogP contribution in [0.15, 0.2) is 59.5 Å². The molecule has 1 aliphatic carbocycles. The number of pyridine rings is 1. The summed E-state index contributed by atoms with van der Waals surface area (Å²) in [6.45, 7) is 3.99. The fourth-order valence-electron chi connectivity index (χ4n) is 5.40. The van der Waals surface area contributed by atoms with Gasteiger partial charge in [0.1, 0.15) is 18.2 Å². The Kier molecular flexibility index (Phi) is 7.11. The van der Waals surface area contributed by atoms with Gasteiger partial charge in [0.05, 0.1) is 11.1 Å². The molecule has 1 spiro atoms. The van der Waals surface area contributed by atoms with Crippen molar-refractivity contribution in [1.82, 2.24) is 9.47 Å². The zero-order chi connectivity index (χ0) is 27.9. The largest absolute Gasteiger partial charge is 0.483 e. The quantitative estimate of drug-likeness (QED) is 0.416. The molecule has 2 atom stereocenters. The fourth-order valence-corrected chi connectivity index (χ4v) is 5.40. The lowest BCUT2D eigenvalue weighted by atomic mass is 9.99. The molecule has 1 fully saturated rings. The molecule has 7 nitrogen and oxygen atoms in total. The first kappa shape index (κ1) is 26.7. The molecule has 5 rings (SSSR count). The van der Waals surface area contributed by atoms with Gasteiger partial charge in [-0.25, -0.2) is 8.78 Å². The molecule has 1 amide bonds. The van der Waals surface area contributed by atoms with E-state index in [9.17, 15) is 28.3 Å². The molecular formula is C30H30F2N2O5. The maximum Gasteiger partial charge on any atom is 0.274 e. The highest BCUT2D eigenvalue weighted by atomic mass is 19.1.